The lowest BCUT2D eigenvalue weighted by Gasteiger charge is -2.19. The number of anilines is 1. The van der Waals surface area contributed by atoms with E-state index in [4.69, 9.17) is 9.47 Å². The van der Waals surface area contributed by atoms with E-state index in [0.717, 1.165) is 22.2 Å². The average molecular weight is 383 g/mol. The van der Waals surface area contributed by atoms with Crippen LogP contribution in [0.4, 0.5) is 10.6 Å². The number of carbonyl (C=O) groups is 1. The quantitative estimate of drug-likeness (QED) is 0.553. The van der Waals surface area contributed by atoms with Crippen molar-refractivity contribution in [3.63, 3.8) is 0 Å². The van der Waals surface area contributed by atoms with E-state index in [2.05, 4.69) is 25.8 Å². The summed E-state index contributed by atoms with van der Waals surface area (Å²) in [5.41, 5.74) is 2.58. The third-order valence-electron chi connectivity index (χ3n) is 4.47. The largest absolute Gasteiger partial charge is 0.479 e. The van der Waals surface area contributed by atoms with Gasteiger partial charge in [0, 0.05) is 19.8 Å². The van der Waals surface area contributed by atoms with Crippen molar-refractivity contribution in [2.45, 2.75) is 25.8 Å². The zero-order valence-corrected chi connectivity index (χ0v) is 16.3. The molecule has 2 amide bonds. The number of fused-ring (bicyclic) bond motifs is 1. The highest BCUT2D eigenvalue weighted by Crippen LogP contribution is 2.27. The number of pyridine rings is 1. The van der Waals surface area contributed by atoms with E-state index in [1.807, 2.05) is 37.3 Å². The van der Waals surface area contributed by atoms with Crippen molar-refractivity contribution in [1.82, 2.24) is 20.5 Å². The molecule has 0 radical (unpaired) electrons. The molecule has 1 atom stereocenters. The Kier molecular flexibility index (Phi) is 6.44. The summed E-state index contributed by atoms with van der Waals surface area (Å²) in [4.78, 5) is 17.1. The Morgan fingerprint density at radius 2 is 2.04 bits per heavy atom. The number of carbonyl (C=O) groups excluding carboxylic acids is 1. The van der Waals surface area contributed by atoms with Gasteiger partial charge in [-0.1, -0.05) is 37.3 Å². The second kappa shape index (κ2) is 9.18. The topological polar surface area (TPSA) is 101 Å². The number of nitrogens with one attached hydrogen (secondary N) is 3. The van der Waals surface area contributed by atoms with Crippen LogP contribution < -0.4 is 15.4 Å². The van der Waals surface area contributed by atoms with Crippen molar-refractivity contribution in [2.24, 2.45) is 0 Å². The van der Waals surface area contributed by atoms with Crippen LogP contribution in [0.3, 0.4) is 0 Å². The third-order valence-corrected chi connectivity index (χ3v) is 4.47. The lowest BCUT2D eigenvalue weighted by molar-refractivity contribution is 0.183. The second-order valence-electron chi connectivity index (χ2n) is 6.31. The molecule has 0 aliphatic heterocycles. The lowest BCUT2D eigenvalue weighted by atomic mass is 10.0. The standard InChI is InChI=1S/C20H25N5O3/c1-4-14-18-16(24-25-19(18)28-3)12-17(21-14)23-20(26)22-15(10-11-27-2)13-8-6-5-7-9-13/h5-9,12,15H,4,10-11H2,1-3H3,(H,24,25)(H2,21,22,23,26). The van der Waals surface area contributed by atoms with Crippen molar-refractivity contribution in [1.29, 1.82) is 0 Å². The molecular formula is C20H25N5O3. The van der Waals surface area contributed by atoms with Crippen LogP contribution in [-0.4, -0.2) is 42.0 Å². The lowest BCUT2D eigenvalue weighted by Crippen LogP contribution is -2.33. The first-order valence-electron chi connectivity index (χ1n) is 9.19. The summed E-state index contributed by atoms with van der Waals surface area (Å²) in [6, 6.07) is 11.1. The van der Waals surface area contributed by atoms with Gasteiger partial charge >= 0.3 is 6.03 Å². The Balaban J connectivity index is 1.77. The van der Waals surface area contributed by atoms with Crippen molar-refractivity contribution in [2.75, 3.05) is 26.1 Å². The average Bonchev–Trinajstić information content (AvgIpc) is 3.14. The van der Waals surface area contributed by atoms with Gasteiger partial charge in [-0.2, -0.15) is 0 Å². The minimum atomic E-state index is -0.328. The molecule has 0 aliphatic carbocycles. The van der Waals surface area contributed by atoms with Crippen LogP contribution in [-0.2, 0) is 11.2 Å². The number of H-pyrrole nitrogens is 1. The van der Waals surface area contributed by atoms with Gasteiger partial charge in [-0.25, -0.2) is 9.78 Å². The van der Waals surface area contributed by atoms with Crippen LogP contribution >= 0.6 is 0 Å². The van der Waals surface area contributed by atoms with Gasteiger partial charge in [0.15, 0.2) is 0 Å². The van der Waals surface area contributed by atoms with Gasteiger partial charge in [-0.15, -0.1) is 5.10 Å². The minimum absolute atomic E-state index is 0.164. The summed E-state index contributed by atoms with van der Waals surface area (Å²) in [6.45, 7) is 2.53. The van der Waals surface area contributed by atoms with Crippen molar-refractivity contribution < 1.29 is 14.3 Å². The van der Waals surface area contributed by atoms with Crippen LogP contribution in [0, 0.1) is 0 Å². The molecular weight excluding hydrogens is 358 g/mol. The zero-order chi connectivity index (χ0) is 19.9. The molecule has 0 saturated carbocycles. The van der Waals surface area contributed by atoms with Gasteiger partial charge in [0.05, 0.1) is 29.7 Å². The summed E-state index contributed by atoms with van der Waals surface area (Å²) in [5.74, 6) is 0.950. The minimum Gasteiger partial charge on any atom is -0.479 e. The molecule has 0 bridgehead atoms. The number of amides is 2. The maximum atomic E-state index is 12.6. The maximum Gasteiger partial charge on any atom is 0.320 e. The smallest absolute Gasteiger partial charge is 0.320 e. The highest BCUT2D eigenvalue weighted by molar-refractivity contribution is 5.93. The molecule has 2 heterocycles. The summed E-state index contributed by atoms with van der Waals surface area (Å²) in [5, 5.41) is 13.7. The van der Waals surface area contributed by atoms with E-state index in [-0.39, 0.29) is 12.1 Å². The van der Waals surface area contributed by atoms with E-state index in [9.17, 15) is 4.79 Å². The number of aryl methyl sites for hydroxylation is 1. The van der Waals surface area contributed by atoms with Crippen molar-refractivity contribution in [3.05, 3.63) is 47.7 Å². The Morgan fingerprint density at radius 3 is 2.71 bits per heavy atom. The number of hydrogen-bond acceptors (Lipinski definition) is 5. The number of aromatic nitrogens is 3. The van der Waals surface area contributed by atoms with Gasteiger partial charge < -0.3 is 14.8 Å². The second-order valence-corrected chi connectivity index (χ2v) is 6.31. The Hall–Kier alpha value is -3.13. The first-order chi connectivity index (χ1) is 13.7. The van der Waals surface area contributed by atoms with E-state index in [0.29, 0.717) is 31.1 Å². The van der Waals surface area contributed by atoms with Gasteiger partial charge in [0.25, 0.3) is 0 Å². The highest BCUT2D eigenvalue weighted by atomic mass is 16.5. The van der Waals surface area contributed by atoms with Crippen LogP contribution in [0.15, 0.2) is 36.4 Å². The molecule has 8 nitrogen and oxygen atoms in total. The molecule has 28 heavy (non-hydrogen) atoms. The number of ether oxygens (including phenoxy) is 2. The summed E-state index contributed by atoms with van der Waals surface area (Å²) >= 11 is 0. The predicted molar refractivity (Wildman–Crippen MR) is 108 cm³/mol. The molecule has 0 aliphatic rings. The number of nitrogens with zero attached hydrogens (tertiary/aromatic N) is 2. The zero-order valence-electron chi connectivity index (χ0n) is 16.3. The molecule has 148 valence electrons. The highest BCUT2D eigenvalue weighted by Gasteiger charge is 2.17. The SMILES string of the molecule is CCc1nc(NC(=O)NC(CCOC)c2ccccc2)cc2[nH]nc(OC)c12. The Labute approximate surface area is 163 Å². The van der Waals surface area contributed by atoms with Gasteiger partial charge in [0.1, 0.15) is 5.82 Å². The fraction of sp³-hybridized carbons (Fsp3) is 0.350. The van der Waals surface area contributed by atoms with E-state index in [1.165, 1.54) is 0 Å². The fourth-order valence-corrected chi connectivity index (χ4v) is 3.11. The van der Waals surface area contributed by atoms with Crippen molar-refractivity contribution >= 4 is 22.8 Å². The first kappa shape index (κ1) is 19.6. The van der Waals surface area contributed by atoms with E-state index < -0.39 is 0 Å². The predicted octanol–water partition coefficient (Wildman–Crippen LogP) is 3.43. The number of benzene rings is 1. The molecule has 0 spiro atoms. The van der Waals surface area contributed by atoms with Gasteiger partial charge in [-0.05, 0) is 18.4 Å². The van der Waals surface area contributed by atoms with Crippen LogP contribution in [0.25, 0.3) is 10.9 Å². The summed E-state index contributed by atoms with van der Waals surface area (Å²) in [7, 11) is 3.21. The Bertz CT molecular complexity index is 926. The number of aromatic amines is 1. The van der Waals surface area contributed by atoms with E-state index in [1.54, 1.807) is 20.3 Å². The molecule has 1 unspecified atom stereocenters. The number of urea groups is 1. The number of rotatable bonds is 8. The monoisotopic (exact) mass is 383 g/mol. The summed E-state index contributed by atoms with van der Waals surface area (Å²) < 4.78 is 10.5. The third kappa shape index (κ3) is 4.40. The van der Waals surface area contributed by atoms with Crippen molar-refractivity contribution in [3.8, 4) is 5.88 Å². The fourth-order valence-electron chi connectivity index (χ4n) is 3.11. The molecule has 3 N–H and O–H groups in total. The molecule has 3 aromatic rings. The molecule has 2 aromatic heterocycles. The maximum absolute atomic E-state index is 12.6. The number of methoxy groups -OCH3 is 2. The molecule has 8 heteroatoms. The van der Waals surface area contributed by atoms with Crippen LogP contribution in [0.5, 0.6) is 5.88 Å². The van der Waals surface area contributed by atoms with Gasteiger partial charge in [0.2, 0.25) is 5.88 Å². The van der Waals surface area contributed by atoms with Crippen LogP contribution in [0.1, 0.15) is 30.6 Å². The summed E-state index contributed by atoms with van der Waals surface area (Å²) in [6.07, 6.45) is 1.35. The molecule has 3 rings (SSSR count). The first-order valence-corrected chi connectivity index (χ1v) is 9.19. The molecule has 0 saturated heterocycles. The number of hydrogen-bond donors (Lipinski definition) is 3. The molecule has 1 aromatic carbocycles. The van der Waals surface area contributed by atoms with E-state index >= 15 is 0 Å². The van der Waals surface area contributed by atoms with Crippen LogP contribution in [0.2, 0.25) is 0 Å². The Morgan fingerprint density at radius 1 is 1.25 bits per heavy atom. The normalized spacial score (nSPS) is 12.0. The van der Waals surface area contributed by atoms with Gasteiger partial charge in [-0.3, -0.25) is 10.4 Å². The molecule has 0 fully saturated rings.